The molecule has 21 heavy (non-hydrogen) atoms. The number of halogens is 1. The van der Waals surface area contributed by atoms with E-state index in [2.05, 4.69) is 31.3 Å². The van der Waals surface area contributed by atoms with Crippen LogP contribution in [0, 0.1) is 0 Å². The number of hydrogen-bond acceptors (Lipinski definition) is 4. The van der Waals surface area contributed by atoms with Gasteiger partial charge >= 0.3 is 0 Å². The van der Waals surface area contributed by atoms with Crippen LogP contribution in [0.25, 0.3) is 11.4 Å². The normalized spacial score (nSPS) is 10.5. The van der Waals surface area contributed by atoms with Crippen molar-refractivity contribution in [3.8, 4) is 17.1 Å². The second-order valence-corrected chi connectivity index (χ2v) is 5.29. The summed E-state index contributed by atoms with van der Waals surface area (Å²) in [6.45, 7) is 1.04. The molecule has 0 saturated heterocycles. The molecule has 0 spiro atoms. The maximum absolute atomic E-state index is 5.63. The van der Waals surface area contributed by atoms with Crippen molar-refractivity contribution in [1.29, 1.82) is 0 Å². The summed E-state index contributed by atoms with van der Waals surface area (Å²) in [6, 6.07) is 17.5. The molecule has 1 heterocycles. The molecule has 0 N–H and O–H groups in total. The quantitative estimate of drug-likeness (QED) is 0.713. The van der Waals surface area contributed by atoms with Gasteiger partial charge in [-0.1, -0.05) is 46.3 Å². The third kappa shape index (κ3) is 3.66. The van der Waals surface area contributed by atoms with Crippen molar-refractivity contribution in [3.05, 3.63) is 59.1 Å². The minimum absolute atomic E-state index is 0.492. The molecule has 0 aliphatic carbocycles. The lowest BCUT2D eigenvalue weighted by atomic mass is 10.2. The molecule has 0 bridgehead atoms. The van der Waals surface area contributed by atoms with Crippen molar-refractivity contribution in [2.24, 2.45) is 0 Å². The average Bonchev–Trinajstić information content (AvgIpc) is 2.99. The van der Waals surface area contributed by atoms with E-state index in [4.69, 9.17) is 4.74 Å². The Labute approximate surface area is 130 Å². The molecule has 0 aliphatic heterocycles. The summed E-state index contributed by atoms with van der Waals surface area (Å²) >= 11 is 3.39. The first-order valence-electron chi connectivity index (χ1n) is 6.53. The van der Waals surface area contributed by atoms with E-state index in [0.29, 0.717) is 19.0 Å². The van der Waals surface area contributed by atoms with Gasteiger partial charge in [-0.3, -0.25) is 0 Å². The second-order valence-electron chi connectivity index (χ2n) is 4.38. The fraction of sp³-hybridized carbons (Fsp3) is 0.133. The molecular formula is C15H13BrN4O. The minimum atomic E-state index is 0.492. The van der Waals surface area contributed by atoms with Crippen LogP contribution in [0.3, 0.4) is 0 Å². The zero-order valence-corrected chi connectivity index (χ0v) is 12.8. The Kier molecular flexibility index (Phi) is 4.25. The summed E-state index contributed by atoms with van der Waals surface area (Å²) in [5.41, 5.74) is 0.956. The van der Waals surface area contributed by atoms with E-state index < -0.39 is 0 Å². The molecule has 3 aromatic rings. The number of aromatic nitrogens is 4. The lowest BCUT2D eigenvalue weighted by Gasteiger charge is -2.04. The molecule has 5 nitrogen and oxygen atoms in total. The van der Waals surface area contributed by atoms with Gasteiger partial charge in [-0.25, -0.2) is 0 Å². The number of hydrogen-bond donors (Lipinski definition) is 0. The molecule has 2 aromatic carbocycles. The summed E-state index contributed by atoms with van der Waals surface area (Å²) < 4.78 is 6.66. The van der Waals surface area contributed by atoms with Crippen LogP contribution < -0.4 is 4.74 Å². The Hall–Kier alpha value is -2.21. The van der Waals surface area contributed by atoms with Crippen LogP contribution >= 0.6 is 15.9 Å². The Morgan fingerprint density at radius 2 is 1.76 bits per heavy atom. The summed E-state index contributed by atoms with van der Waals surface area (Å²) in [5.74, 6) is 1.45. The van der Waals surface area contributed by atoms with Gasteiger partial charge in [-0.05, 0) is 29.5 Å². The van der Waals surface area contributed by atoms with Gasteiger partial charge in [0.1, 0.15) is 12.4 Å². The molecule has 6 heteroatoms. The molecule has 0 atom stereocenters. The molecule has 0 unspecified atom stereocenters. The van der Waals surface area contributed by atoms with E-state index in [1.807, 2.05) is 54.6 Å². The van der Waals surface area contributed by atoms with Crippen LogP contribution in [-0.4, -0.2) is 26.8 Å². The first-order valence-corrected chi connectivity index (χ1v) is 7.32. The summed E-state index contributed by atoms with van der Waals surface area (Å²) in [7, 11) is 0. The Morgan fingerprint density at radius 1 is 1.00 bits per heavy atom. The van der Waals surface area contributed by atoms with Gasteiger partial charge in [-0.15, -0.1) is 10.2 Å². The standard InChI is InChI=1S/C15H13BrN4O/c16-13-6-8-14(9-7-13)21-11-10-20-18-15(17-19-20)12-4-2-1-3-5-12/h1-9H,10-11H2. The molecule has 0 amide bonds. The highest BCUT2D eigenvalue weighted by molar-refractivity contribution is 9.10. The number of tetrazole rings is 1. The smallest absolute Gasteiger partial charge is 0.204 e. The van der Waals surface area contributed by atoms with E-state index in [9.17, 15) is 0 Å². The van der Waals surface area contributed by atoms with E-state index in [0.717, 1.165) is 15.8 Å². The maximum atomic E-state index is 5.63. The molecule has 0 saturated carbocycles. The predicted molar refractivity (Wildman–Crippen MR) is 82.9 cm³/mol. The number of benzene rings is 2. The monoisotopic (exact) mass is 344 g/mol. The first kappa shape index (κ1) is 13.8. The number of nitrogens with zero attached hydrogens (tertiary/aromatic N) is 4. The van der Waals surface area contributed by atoms with E-state index in [1.54, 1.807) is 4.80 Å². The van der Waals surface area contributed by atoms with Crippen LogP contribution in [-0.2, 0) is 6.54 Å². The Bertz CT molecular complexity index is 697. The highest BCUT2D eigenvalue weighted by atomic mass is 79.9. The van der Waals surface area contributed by atoms with Gasteiger partial charge in [0.25, 0.3) is 0 Å². The van der Waals surface area contributed by atoms with Crippen LogP contribution in [0.15, 0.2) is 59.1 Å². The first-order chi connectivity index (χ1) is 10.3. The second kappa shape index (κ2) is 6.49. The molecular weight excluding hydrogens is 332 g/mol. The van der Waals surface area contributed by atoms with Crippen LogP contribution in [0.4, 0.5) is 0 Å². The molecule has 0 fully saturated rings. The lowest BCUT2D eigenvalue weighted by Crippen LogP contribution is -2.11. The predicted octanol–water partition coefficient (Wildman–Crippen LogP) is 3.18. The molecule has 1 aromatic heterocycles. The topological polar surface area (TPSA) is 52.8 Å². The number of rotatable bonds is 5. The fourth-order valence-corrected chi connectivity index (χ4v) is 2.08. The average molecular weight is 345 g/mol. The minimum Gasteiger partial charge on any atom is -0.492 e. The van der Waals surface area contributed by atoms with Gasteiger partial charge in [0.2, 0.25) is 5.82 Å². The summed E-state index contributed by atoms with van der Waals surface area (Å²) in [6.07, 6.45) is 0. The summed E-state index contributed by atoms with van der Waals surface area (Å²) in [5, 5.41) is 12.4. The van der Waals surface area contributed by atoms with Crippen molar-refractivity contribution in [2.45, 2.75) is 6.54 Å². The van der Waals surface area contributed by atoms with E-state index >= 15 is 0 Å². The van der Waals surface area contributed by atoms with Crippen LogP contribution in [0.2, 0.25) is 0 Å². The zero-order chi connectivity index (χ0) is 14.5. The van der Waals surface area contributed by atoms with Gasteiger partial charge < -0.3 is 4.74 Å². The van der Waals surface area contributed by atoms with Gasteiger partial charge in [0, 0.05) is 10.0 Å². The molecule has 106 valence electrons. The molecule has 0 aliphatic rings. The van der Waals surface area contributed by atoms with Gasteiger partial charge in [0.05, 0.1) is 6.54 Å². The van der Waals surface area contributed by atoms with Gasteiger partial charge in [0.15, 0.2) is 0 Å². The highest BCUT2D eigenvalue weighted by Gasteiger charge is 2.05. The summed E-state index contributed by atoms with van der Waals surface area (Å²) in [4.78, 5) is 1.54. The van der Waals surface area contributed by atoms with Crippen molar-refractivity contribution in [2.75, 3.05) is 6.61 Å². The zero-order valence-electron chi connectivity index (χ0n) is 11.2. The van der Waals surface area contributed by atoms with Crippen LogP contribution in [0.5, 0.6) is 5.75 Å². The number of ether oxygens (including phenoxy) is 1. The third-order valence-electron chi connectivity index (χ3n) is 2.86. The highest BCUT2D eigenvalue weighted by Crippen LogP contribution is 2.16. The van der Waals surface area contributed by atoms with Crippen molar-refractivity contribution < 1.29 is 4.74 Å². The molecule has 3 rings (SSSR count). The van der Waals surface area contributed by atoms with Crippen molar-refractivity contribution in [3.63, 3.8) is 0 Å². The Balaban J connectivity index is 1.57. The van der Waals surface area contributed by atoms with Crippen molar-refractivity contribution in [1.82, 2.24) is 20.2 Å². The van der Waals surface area contributed by atoms with E-state index in [-0.39, 0.29) is 0 Å². The van der Waals surface area contributed by atoms with Crippen molar-refractivity contribution >= 4 is 15.9 Å². The van der Waals surface area contributed by atoms with Crippen LogP contribution in [0.1, 0.15) is 0 Å². The third-order valence-corrected chi connectivity index (χ3v) is 3.39. The van der Waals surface area contributed by atoms with Gasteiger partial charge in [-0.2, -0.15) is 4.80 Å². The largest absolute Gasteiger partial charge is 0.492 e. The van der Waals surface area contributed by atoms with E-state index in [1.165, 1.54) is 0 Å². The maximum Gasteiger partial charge on any atom is 0.204 e. The SMILES string of the molecule is Brc1ccc(OCCn2nnc(-c3ccccc3)n2)cc1. The lowest BCUT2D eigenvalue weighted by molar-refractivity contribution is 0.280. The molecule has 0 radical (unpaired) electrons. The fourth-order valence-electron chi connectivity index (χ4n) is 1.82. The Morgan fingerprint density at radius 3 is 2.52 bits per heavy atom.